The lowest BCUT2D eigenvalue weighted by Crippen LogP contribution is -1.99. The SMILES string of the molecule is c1cc(-c2cccc(-c3c4ccccc4cc4ccccc34)n2)nc(-c2cccc(-n3c4ccccc4c4ccncc43)n2)c1. The molecule has 0 aliphatic heterocycles. The van der Waals surface area contributed by atoms with Crippen LogP contribution in [0.15, 0.2) is 152 Å². The molecule has 0 aliphatic rings. The third-order valence-corrected chi connectivity index (χ3v) is 8.49. The highest BCUT2D eigenvalue weighted by molar-refractivity contribution is 6.12. The highest BCUT2D eigenvalue weighted by atomic mass is 15.1. The number of pyridine rings is 4. The third-order valence-electron chi connectivity index (χ3n) is 8.49. The summed E-state index contributed by atoms with van der Waals surface area (Å²) in [5.74, 6) is 0.821. The van der Waals surface area contributed by atoms with E-state index in [1.807, 2.05) is 54.9 Å². The Morgan fingerprint density at radius 2 is 0.933 bits per heavy atom. The molecule has 9 aromatic rings. The molecule has 0 radical (unpaired) electrons. The minimum atomic E-state index is 0.788. The summed E-state index contributed by atoms with van der Waals surface area (Å²) in [6.45, 7) is 0. The van der Waals surface area contributed by atoms with E-state index in [-0.39, 0.29) is 0 Å². The van der Waals surface area contributed by atoms with Crippen molar-refractivity contribution >= 4 is 43.4 Å². The quantitative estimate of drug-likeness (QED) is 0.196. The molecule has 0 fully saturated rings. The molecule has 5 heterocycles. The number of benzene rings is 4. The van der Waals surface area contributed by atoms with Gasteiger partial charge in [0.2, 0.25) is 0 Å². The average Bonchev–Trinajstić information content (AvgIpc) is 3.45. The van der Waals surface area contributed by atoms with Crippen molar-refractivity contribution in [3.8, 4) is 39.9 Å². The van der Waals surface area contributed by atoms with Gasteiger partial charge in [0.1, 0.15) is 5.82 Å². The van der Waals surface area contributed by atoms with E-state index in [4.69, 9.17) is 15.0 Å². The Morgan fingerprint density at radius 3 is 1.64 bits per heavy atom. The molecular formula is C40H25N5. The molecule has 0 saturated heterocycles. The van der Waals surface area contributed by atoms with Gasteiger partial charge in [-0.2, -0.15) is 0 Å². The van der Waals surface area contributed by atoms with Gasteiger partial charge < -0.3 is 0 Å². The Morgan fingerprint density at radius 1 is 0.400 bits per heavy atom. The Labute approximate surface area is 259 Å². The largest absolute Gasteiger partial charge is 0.292 e. The molecule has 5 nitrogen and oxygen atoms in total. The lowest BCUT2D eigenvalue weighted by atomic mass is 9.94. The smallest absolute Gasteiger partial charge is 0.138 e. The summed E-state index contributed by atoms with van der Waals surface area (Å²) in [4.78, 5) is 19.8. The fourth-order valence-electron chi connectivity index (χ4n) is 6.48. The predicted octanol–water partition coefficient (Wildman–Crippen LogP) is 9.67. The molecule has 9 rings (SSSR count). The van der Waals surface area contributed by atoms with Gasteiger partial charge in [-0.15, -0.1) is 0 Å². The van der Waals surface area contributed by atoms with E-state index in [0.717, 1.165) is 56.3 Å². The van der Waals surface area contributed by atoms with Gasteiger partial charge in [-0.1, -0.05) is 84.9 Å². The van der Waals surface area contributed by atoms with Gasteiger partial charge in [0, 0.05) is 22.5 Å². The van der Waals surface area contributed by atoms with Crippen LogP contribution in [-0.2, 0) is 0 Å². The van der Waals surface area contributed by atoms with Crippen molar-refractivity contribution in [2.24, 2.45) is 0 Å². The van der Waals surface area contributed by atoms with E-state index in [9.17, 15) is 0 Å². The molecule has 0 bridgehead atoms. The molecule has 5 aromatic heterocycles. The van der Waals surface area contributed by atoms with Gasteiger partial charge in [-0.3, -0.25) is 9.55 Å². The summed E-state index contributed by atoms with van der Waals surface area (Å²) in [6.07, 6.45) is 3.74. The van der Waals surface area contributed by atoms with Gasteiger partial charge in [0.05, 0.1) is 45.7 Å². The van der Waals surface area contributed by atoms with Crippen LogP contribution in [0.25, 0.3) is 83.2 Å². The number of para-hydroxylation sites is 1. The van der Waals surface area contributed by atoms with Gasteiger partial charge >= 0.3 is 0 Å². The number of fused-ring (bicyclic) bond motifs is 5. The first-order valence-electron chi connectivity index (χ1n) is 15.0. The second-order valence-electron chi connectivity index (χ2n) is 11.1. The van der Waals surface area contributed by atoms with Crippen LogP contribution < -0.4 is 0 Å². The van der Waals surface area contributed by atoms with Crippen LogP contribution in [0.4, 0.5) is 0 Å². The Kier molecular flexibility index (Phi) is 5.74. The Balaban J connectivity index is 1.16. The van der Waals surface area contributed by atoms with Crippen molar-refractivity contribution in [1.82, 2.24) is 24.5 Å². The molecule has 0 N–H and O–H groups in total. The highest BCUT2D eigenvalue weighted by Crippen LogP contribution is 2.36. The third kappa shape index (κ3) is 4.17. The van der Waals surface area contributed by atoms with Gasteiger partial charge in [0.25, 0.3) is 0 Å². The fourth-order valence-corrected chi connectivity index (χ4v) is 6.48. The molecule has 5 heteroatoms. The van der Waals surface area contributed by atoms with Crippen molar-refractivity contribution in [3.05, 3.63) is 152 Å². The number of nitrogens with zero attached hydrogens (tertiary/aromatic N) is 5. The maximum atomic E-state index is 5.18. The van der Waals surface area contributed by atoms with Crippen LogP contribution >= 0.6 is 0 Å². The Hall–Kier alpha value is -6.20. The van der Waals surface area contributed by atoms with E-state index < -0.39 is 0 Å². The van der Waals surface area contributed by atoms with Crippen molar-refractivity contribution in [3.63, 3.8) is 0 Å². The topological polar surface area (TPSA) is 56.5 Å². The van der Waals surface area contributed by atoms with Crippen LogP contribution in [-0.4, -0.2) is 24.5 Å². The summed E-state index contributed by atoms with van der Waals surface area (Å²) in [5, 5.41) is 7.09. The van der Waals surface area contributed by atoms with E-state index in [1.165, 1.54) is 26.9 Å². The summed E-state index contributed by atoms with van der Waals surface area (Å²) in [6, 6.07) is 48.0. The normalized spacial score (nSPS) is 11.6. The second kappa shape index (κ2) is 10.2. The van der Waals surface area contributed by atoms with E-state index in [2.05, 4.69) is 107 Å². The lowest BCUT2D eigenvalue weighted by molar-refractivity contribution is 1.07. The first-order valence-corrected chi connectivity index (χ1v) is 15.0. The minimum absolute atomic E-state index is 0.788. The van der Waals surface area contributed by atoms with Crippen molar-refractivity contribution < 1.29 is 0 Å². The summed E-state index contributed by atoms with van der Waals surface area (Å²) < 4.78 is 2.17. The van der Waals surface area contributed by atoms with E-state index >= 15 is 0 Å². The highest BCUT2D eigenvalue weighted by Gasteiger charge is 2.15. The maximum Gasteiger partial charge on any atom is 0.138 e. The van der Waals surface area contributed by atoms with Crippen LogP contribution in [0.5, 0.6) is 0 Å². The minimum Gasteiger partial charge on any atom is -0.292 e. The first kappa shape index (κ1) is 25.3. The number of hydrogen-bond acceptors (Lipinski definition) is 4. The second-order valence-corrected chi connectivity index (χ2v) is 11.1. The summed E-state index contributed by atoms with van der Waals surface area (Å²) >= 11 is 0. The average molecular weight is 576 g/mol. The molecule has 0 saturated carbocycles. The molecule has 45 heavy (non-hydrogen) atoms. The lowest BCUT2D eigenvalue weighted by Gasteiger charge is -2.13. The number of aromatic nitrogens is 5. The van der Waals surface area contributed by atoms with E-state index in [1.54, 1.807) is 0 Å². The van der Waals surface area contributed by atoms with Crippen LogP contribution in [0.2, 0.25) is 0 Å². The Bertz CT molecular complexity index is 2460. The molecule has 0 unspecified atom stereocenters. The predicted molar refractivity (Wildman–Crippen MR) is 183 cm³/mol. The first-order chi connectivity index (χ1) is 22.3. The van der Waals surface area contributed by atoms with Crippen LogP contribution in [0, 0.1) is 0 Å². The van der Waals surface area contributed by atoms with Crippen molar-refractivity contribution in [2.75, 3.05) is 0 Å². The van der Waals surface area contributed by atoms with Gasteiger partial charge in [-0.25, -0.2) is 15.0 Å². The summed E-state index contributed by atoms with van der Waals surface area (Å²) in [5.41, 5.74) is 7.37. The fraction of sp³-hybridized carbons (Fsp3) is 0. The zero-order valence-electron chi connectivity index (χ0n) is 24.2. The van der Waals surface area contributed by atoms with Gasteiger partial charge in [-0.05, 0) is 76.1 Å². The zero-order chi connectivity index (χ0) is 29.7. The van der Waals surface area contributed by atoms with E-state index in [0.29, 0.717) is 0 Å². The molecule has 0 atom stereocenters. The van der Waals surface area contributed by atoms with Crippen molar-refractivity contribution in [2.45, 2.75) is 0 Å². The molecule has 4 aromatic carbocycles. The molecule has 0 spiro atoms. The van der Waals surface area contributed by atoms with Crippen LogP contribution in [0.1, 0.15) is 0 Å². The summed E-state index contributed by atoms with van der Waals surface area (Å²) in [7, 11) is 0. The standard InChI is InChI=1S/C40H25N5/c1-3-12-28-26(10-1)24-27-11-2-4-13-29(27)40(28)36-19-8-17-33(43-36)32-15-7-16-34(42-32)35-18-9-21-39(44-35)45-37-20-6-5-14-30(37)31-22-23-41-25-38(31)45/h1-25H. The molecule has 0 aliphatic carbocycles. The molecule has 0 amide bonds. The van der Waals surface area contributed by atoms with Gasteiger partial charge in [0.15, 0.2) is 0 Å². The maximum absolute atomic E-state index is 5.18. The molecule has 210 valence electrons. The number of hydrogen-bond donors (Lipinski definition) is 0. The van der Waals surface area contributed by atoms with Crippen LogP contribution in [0.3, 0.4) is 0 Å². The van der Waals surface area contributed by atoms with Crippen molar-refractivity contribution in [1.29, 1.82) is 0 Å². The monoisotopic (exact) mass is 575 g/mol. The zero-order valence-corrected chi connectivity index (χ0v) is 24.2. The number of rotatable bonds is 4. The molecular weight excluding hydrogens is 550 g/mol.